The quantitative estimate of drug-likeness (QED) is 0.499. The van der Waals surface area contributed by atoms with Crippen LogP contribution in [0.5, 0.6) is 0 Å². The van der Waals surface area contributed by atoms with Crippen molar-refractivity contribution < 1.29 is 30.7 Å². The summed E-state index contributed by atoms with van der Waals surface area (Å²) >= 11 is 1.23. The van der Waals surface area contributed by atoms with Crippen molar-refractivity contribution in [2.45, 2.75) is 6.54 Å². The Morgan fingerprint density at radius 2 is 1.70 bits per heavy atom. The van der Waals surface area contributed by atoms with Crippen molar-refractivity contribution in [1.82, 2.24) is 0 Å². The van der Waals surface area contributed by atoms with Crippen LogP contribution in [0.1, 0.15) is 5.56 Å². The minimum Gasteiger partial charge on any atom is -1.00 e. The van der Waals surface area contributed by atoms with E-state index >= 15 is 0 Å². The van der Waals surface area contributed by atoms with E-state index in [9.17, 15) is 0 Å². The van der Waals surface area contributed by atoms with Crippen LogP contribution in [0.4, 0.5) is 0 Å². The molecule has 1 nitrogen and oxygen atoms in total. The maximum atomic E-state index is 5.41. The topological polar surface area (TPSA) is 26.0 Å². The van der Waals surface area contributed by atoms with E-state index in [0.29, 0.717) is 6.54 Å². The number of hydrogen-bond donors (Lipinski definition) is 1. The van der Waals surface area contributed by atoms with Crippen molar-refractivity contribution in [1.29, 1.82) is 0 Å². The van der Waals surface area contributed by atoms with E-state index in [1.165, 1.54) is 28.0 Å². The van der Waals surface area contributed by atoms with Gasteiger partial charge in [0.15, 0.2) is 0 Å². The zero-order valence-electron chi connectivity index (χ0n) is 5.68. The van der Waals surface area contributed by atoms with Gasteiger partial charge >= 0.3 is 64.6 Å². The van der Waals surface area contributed by atoms with Crippen LogP contribution in [0.2, 0.25) is 0 Å². The smallest absolute Gasteiger partial charge is 1.00 e. The first-order chi connectivity index (χ1) is 4.33. The molecule has 0 aliphatic rings. The van der Waals surface area contributed by atoms with Crippen LogP contribution in [0.15, 0.2) is 24.3 Å². The molecule has 10 heavy (non-hydrogen) atoms. The van der Waals surface area contributed by atoms with Crippen LogP contribution < -0.4 is 22.3 Å². The Bertz CT molecular complexity index is 185. The SMILES string of the molecule is NCc1cc[c]([Zn+])cc1.[Cl-]. The number of rotatable bonds is 1. The van der Waals surface area contributed by atoms with Crippen LogP contribution >= 0.6 is 0 Å². The third-order valence-electron chi connectivity index (χ3n) is 1.26. The first kappa shape index (κ1) is 10.1. The number of benzene rings is 1. The van der Waals surface area contributed by atoms with Gasteiger partial charge in [-0.3, -0.25) is 0 Å². The summed E-state index contributed by atoms with van der Waals surface area (Å²) in [6.45, 7) is 0.653. The summed E-state index contributed by atoms with van der Waals surface area (Å²) in [5, 5.41) is 0. The molecule has 0 fully saturated rings. The summed E-state index contributed by atoms with van der Waals surface area (Å²) in [6.07, 6.45) is 0. The monoisotopic (exact) mass is 205 g/mol. The van der Waals surface area contributed by atoms with Gasteiger partial charge < -0.3 is 12.4 Å². The van der Waals surface area contributed by atoms with E-state index in [1.807, 2.05) is 0 Å². The Morgan fingerprint density at radius 1 is 1.20 bits per heavy atom. The van der Waals surface area contributed by atoms with Crippen molar-refractivity contribution in [3.8, 4) is 0 Å². The standard InChI is InChI=1S/C7H8N.ClH.Zn/c8-6-7-4-2-1-3-5-7;;/h2-5H,6,8H2;1H;/q;;+1/p-1. The zero-order chi connectivity index (χ0) is 6.69. The third kappa shape index (κ3) is 2.78. The Kier molecular flexibility index (Phi) is 4.89. The number of hydrogen-bond acceptors (Lipinski definition) is 1. The molecule has 0 saturated heterocycles. The van der Waals surface area contributed by atoms with Gasteiger partial charge in [-0.2, -0.15) is 0 Å². The number of halogens is 1. The normalized spacial score (nSPS) is 8.70. The first-order valence-corrected chi connectivity index (χ1v) is 4.42. The molecule has 0 radical (unpaired) electrons. The van der Waals surface area contributed by atoms with Crippen molar-refractivity contribution in [2.24, 2.45) is 5.73 Å². The fraction of sp³-hybridized carbons (Fsp3) is 0.143. The summed E-state index contributed by atoms with van der Waals surface area (Å²) in [5.41, 5.74) is 6.63. The van der Waals surface area contributed by atoms with Crippen molar-refractivity contribution in [2.75, 3.05) is 0 Å². The maximum absolute atomic E-state index is 5.41. The van der Waals surface area contributed by atoms with Gasteiger partial charge in [-0.1, -0.05) is 0 Å². The molecule has 0 heterocycles. The summed E-state index contributed by atoms with van der Waals surface area (Å²) in [7, 11) is 0. The summed E-state index contributed by atoms with van der Waals surface area (Å²) < 4.78 is 1.41. The Hall–Kier alpha value is 0.0934. The van der Waals surface area contributed by atoms with Crippen LogP contribution in [0, 0.1) is 0 Å². The molecule has 0 atom stereocenters. The zero-order valence-corrected chi connectivity index (χ0v) is 9.40. The molecular weight excluding hydrogens is 199 g/mol. The van der Waals surface area contributed by atoms with E-state index < -0.39 is 0 Å². The molecule has 1 rings (SSSR count). The fourth-order valence-electron chi connectivity index (χ4n) is 0.675. The van der Waals surface area contributed by atoms with Gasteiger partial charge in [0.05, 0.1) is 0 Å². The van der Waals surface area contributed by atoms with Crippen molar-refractivity contribution >= 4 is 4.16 Å². The van der Waals surface area contributed by atoms with E-state index in [2.05, 4.69) is 24.3 Å². The fourth-order valence-corrected chi connectivity index (χ4v) is 1.17. The summed E-state index contributed by atoms with van der Waals surface area (Å²) in [5.74, 6) is 0. The van der Waals surface area contributed by atoms with Crippen LogP contribution in [0.25, 0.3) is 0 Å². The average molecular weight is 207 g/mol. The molecule has 0 aromatic heterocycles. The summed E-state index contributed by atoms with van der Waals surface area (Å²) in [4.78, 5) is 0. The second-order valence-electron chi connectivity index (χ2n) is 2.02. The predicted octanol–water partition coefficient (Wildman–Crippen LogP) is -2.68. The number of nitrogens with two attached hydrogens (primary N) is 1. The molecule has 0 unspecified atom stereocenters. The molecule has 0 aliphatic heterocycles. The minimum absolute atomic E-state index is 0. The second-order valence-corrected chi connectivity index (χ2v) is 3.73. The first-order valence-electron chi connectivity index (χ1n) is 2.94. The Morgan fingerprint density at radius 3 is 2.10 bits per heavy atom. The van der Waals surface area contributed by atoms with E-state index in [4.69, 9.17) is 5.73 Å². The molecule has 0 bridgehead atoms. The van der Waals surface area contributed by atoms with E-state index in [0.717, 1.165) is 0 Å². The van der Waals surface area contributed by atoms with Gasteiger partial charge in [0.2, 0.25) is 0 Å². The Balaban J connectivity index is 0.000000810. The van der Waals surface area contributed by atoms with Gasteiger partial charge in [-0.05, 0) is 0 Å². The van der Waals surface area contributed by atoms with Gasteiger partial charge in [0.1, 0.15) is 0 Å². The molecule has 1 aromatic carbocycles. The maximum Gasteiger partial charge on any atom is -1.00 e. The molecule has 0 spiro atoms. The van der Waals surface area contributed by atoms with E-state index in [1.54, 1.807) is 0 Å². The minimum atomic E-state index is 0. The van der Waals surface area contributed by atoms with Gasteiger partial charge in [0, 0.05) is 0 Å². The molecule has 0 saturated carbocycles. The summed E-state index contributed by atoms with van der Waals surface area (Å²) in [6, 6.07) is 8.42. The van der Waals surface area contributed by atoms with Gasteiger partial charge in [-0.25, -0.2) is 0 Å². The average Bonchev–Trinajstić information content (AvgIpc) is 1.90. The predicted molar refractivity (Wildman–Crippen MR) is 34.0 cm³/mol. The van der Waals surface area contributed by atoms with Crippen molar-refractivity contribution in [3.63, 3.8) is 0 Å². The third-order valence-corrected chi connectivity index (χ3v) is 2.25. The molecule has 50 valence electrons. The largest absolute Gasteiger partial charge is 1.00 e. The van der Waals surface area contributed by atoms with Gasteiger partial charge in [0.25, 0.3) is 0 Å². The molecule has 3 heteroatoms. The molecule has 0 amide bonds. The van der Waals surface area contributed by atoms with Crippen LogP contribution in [0.3, 0.4) is 0 Å². The van der Waals surface area contributed by atoms with Crippen molar-refractivity contribution in [3.05, 3.63) is 29.8 Å². The molecular formula is C7H8ClNZn. The Labute approximate surface area is 77.1 Å². The molecule has 1 aromatic rings. The van der Waals surface area contributed by atoms with Crippen LogP contribution in [-0.4, -0.2) is 0 Å². The van der Waals surface area contributed by atoms with E-state index in [-0.39, 0.29) is 12.4 Å². The van der Waals surface area contributed by atoms with Crippen LogP contribution in [-0.2, 0) is 24.8 Å². The molecule has 2 N–H and O–H groups in total. The second kappa shape index (κ2) is 4.84. The van der Waals surface area contributed by atoms with Gasteiger partial charge in [-0.15, -0.1) is 0 Å². The molecule has 0 aliphatic carbocycles.